The number of rotatable bonds is 7. The highest BCUT2D eigenvalue weighted by Crippen LogP contribution is 2.37. The largest absolute Gasteiger partial charge is 0.458 e. The van der Waals surface area contributed by atoms with Crippen molar-refractivity contribution >= 4 is 5.70 Å². The van der Waals surface area contributed by atoms with Gasteiger partial charge in [-0.25, -0.2) is 4.39 Å². The summed E-state index contributed by atoms with van der Waals surface area (Å²) < 4.78 is 18.3. The number of fused-ring (bicyclic) bond motifs is 1. The van der Waals surface area contributed by atoms with Crippen LogP contribution in [-0.4, -0.2) is 14.9 Å². The fourth-order valence-electron chi connectivity index (χ4n) is 3.86. The lowest BCUT2D eigenvalue weighted by molar-refractivity contribution is 0.403. The molecular weight excluding hydrogens is 401 g/mol. The minimum atomic E-state index is -0.545. The summed E-state index contributed by atoms with van der Waals surface area (Å²) in [6.45, 7) is 14.9. The average Bonchev–Trinajstić information content (AvgIpc) is 3.10. The van der Waals surface area contributed by atoms with Gasteiger partial charge in [0.15, 0.2) is 0 Å². The predicted molar refractivity (Wildman–Crippen MR) is 126 cm³/mol. The van der Waals surface area contributed by atoms with Crippen LogP contribution in [0.15, 0.2) is 98.5 Å². The van der Waals surface area contributed by atoms with Gasteiger partial charge in [-0.1, -0.05) is 31.9 Å². The molecule has 1 aliphatic rings. The number of hydrogen-bond donors (Lipinski definition) is 0. The van der Waals surface area contributed by atoms with E-state index in [2.05, 4.69) is 53.7 Å². The van der Waals surface area contributed by atoms with Crippen LogP contribution in [0.3, 0.4) is 0 Å². The highest BCUT2D eigenvalue weighted by Gasteiger charge is 2.25. The normalized spacial score (nSPS) is 12.8. The Morgan fingerprint density at radius 1 is 1.16 bits per heavy atom. The van der Waals surface area contributed by atoms with E-state index in [0.29, 0.717) is 11.5 Å². The van der Waals surface area contributed by atoms with E-state index in [1.165, 1.54) is 28.8 Å². The minimum Gasteiger partial charge on any atom is -0.458 e. The number of aromatic nitrogens is 2. The summed E-state index contributed by atoms with van der Waals surface area (Å²) in [6, 6.07) is 12.1. The monoisotopic (exact) mass is 425 g/mol. The van der Waals surface area contributed by atoms with Crippen molar-refractivity contribution in [2.45, 2.75) is 20.0 Å². The number of hydrogen-bond acceptors (Lipinski definition) is 4. The van der Waals surface area contributed by atoms with Crippen molar-refractivity contribution < 1.29 is 9.13 Å². The highest BCUT2D eigenvalue weighted by atomic mass is 19.1. The van der Waals surface area contributed by atoms with Crippen LogP contribution in [-0.2, 0) is 13.1 Å². The van der Waals surface area contributed by atoms with Gasteiger partial charge >= 0.3 is 0 Å². The number of allylic oxidation sites excluding steroid dienone is 3. The first-order chi connectivity index (χ1) is 15.4. The minimum absolute atomic E-state index is 0.342. The zero-order chi connectivity index (χ0) is 22.7. The van der Waals surface area contributed by atoms with Gasteiger partial charge < -0.3 is 9.64 Å². The molecule has 4 rings (SSSR count). The van der Waals surface area contributed by atoms with Crippen molar-refractivity contribution in [2.75, 3.05) is 0 Å². The maximum absolute atomic E-state index is 12.7. The lowest BCUT2D eigenvalue weighted by Crippen LogP contribution is -2.14. The number of benzene rings is 2. The molecule has 0 radical (unpaired) electrons. The van der Waals surface area contributed by atoms with Crippen molar-refractivity contribution in [3.8, 4) is 17.0 Å². The Labute approximate surface area is 187 Å². The maximum Gasteiger partial charge on any atom is 0.127 e. The van der Waals surface area contributed by atoms with Crippen LogP contribution < -0.4 is 4.74 Å². The third kappa shape index (κ3) is 4.67. The molecule has 0 aliphatic carbocycles. The molecule has 1 aliphatic heterocycles. The van der Waals surface area contributed by atoms with Gasteiger partial charge in [0, 0.05) is 42.3 Å². The molecule has 0 unspecified atom stereocenters. The molecule has 2 heterocycles. The van der Waals surface area contributed by atoms with E-state index < -0.39 is 5.83 Å². The van der Waals surface area contributed by atoms with Gasteiger partial charge in [0.2, 0.25) is 0 Å². The molecule has 5 heteroatoms. The third-order valence-electron chi connectivity index (χ3n) is 5.30. The van der Waals surface area contributed by atoms with Gasteiger partial charge in [-0.15, -0.1) is 0 Å². The van der Waals surface area contributed by atoms with Crippen LogP contribution in [0, 0.1) is 6.92 Å². The van der Waals surface area contributed by atoms with Crippen LogP contribution in [0.5, 0.6) is 5.75 Å². The summed E-state index contributed by atoms with van der Waals surface area (Å²) in [5, 5.41) is 0. The fourth-order valence-corrected chi connectivity index (χ4v) is 3.86. The molecule has 32 heavy (non-hydrogen) atoms. The Morgan fingerprint density at radius 2 is 1.94 bits per heavy atom. The summed E-state index contributed by atoms with van der Waals surface area (Å²) in [5.41, 5.74) is 7.72. The summed E-state index contributed by atoms with van der Waals surface area (Å²) >= 11 is 0. The van der Waals surface area contributed by atoms with Gasteiger partial charge in [-0.3, -0.25) is 9.97 Å². The molecule has 0 N–H and O–H groups in total. The molecule has 3 aromatic rings. The second-order valence-corrected chi connectivity index (χ2v) is 7.71. The second-order valence-electron chi connectivity index (χ2n) is 7.71. The molecule has 0 saturated carbocycles. The Balaban J connectivity index is 1.46. The number of nitrogens with zero attached hydrogens (tertiary/aromatic N) is 3. The molecular formula is C27H24FN3O. The molecule has 0 saturated heterocycles. The summed E-state index contributed by atoms with van der Waals surface area (Å²) in [6.07, 6.45) is 7.83. The standard InChI is InChI=1S/C27H24FN3O/c1-18-13-23(26-15-29-11-12-30-26)14-24-17-31(21(4)27(18)24)16-22-7-9-25(10-8-22)32-20(3)6-5-19(2)28/h5-15H,2-4,16-17H2,1H3/b6-5-. The number of ether oxygens (including phenoxy) is 1. The second kappa shape index (κ2) is 9.02. The van der Waals surface area contributed by atoms with Crippen LogP contribution >= 0.6 is 0 Å². The van der Waals surface area contributed by atoms with Gasteiger partial charge in [0.1, 0.15) is 17.3 Å². The Morgan fingerprint density at radius 3 is 2.62 bits per heavy atom. The molecule has 2 aromatic carbocycles. The van der Waals surface area contributed by atoms with E-state index in [4.69, 9.17) is 4.74 Å². The van der Waals surface area contributed by atoms with Gasteiger partial charge in [-0.2, -0.15) is 0 Å². The molecule has 0 atom stereocenters. The van der Waals surface area contributed by atoms with Crippen molar-refractivity contribution in [3.05, 3.63) is 121 Å². The van der Waals surface area contributed by atoms with Gasteiger partial charge in [0.25, 0.3) is 0 Å². The molecule has 160 valence electrons. The first-order valence-corrected chi connectivity index (χ1v) is 10.2. The SMILES string of the molecule is C=C(F)/C=C\C(=C)Oc1ccc(CN2Cc3cc(-c4cnccn4)cc(C)c3C2=C)cc1. The van der Waals surface area contributed by atoms with Crippen molar-refractivity contribution in [3.63, 3.8) is 0 Å². The van der Waals surface area contributed by atoms with E-state index in [9.17, 15) is 4.39 Å². The zero-order valence-electron chi connectivity index (χ0n) is 18.0. The van der Waals surface area contributed by atoms with E-state index in [1.807, 2.05) is 24.3 Å². The quantitative estimate of drug-likeness (QED) is 0.326. The lowest BCUT2D eigenvalue weighted by atomic mass is 9.98. The van der Waals surface area contributed by atoms with Crippen LogP contribution in [0.1, 0.15) is 22.3 Å². The van der Waals surface area contributed by atoms with Gasteiger partial charge in [0.05, 0.1) is 11.9 Å². The molecule has 0 fully saturated rings. The average molecular weight is 426 g/mol. The molecule has 0 spiro atoms. The Hall–Kier alpha value is -3.99. The molecule has 1 aromatic heterocycles. The highest BCUT2D eigenvalue weighted by molar-refractivity contribution is 5.75. The predicted octanol–water partition coefficient (Wildman–Crippen LogP) is 6.37. The molecule has 0 bridgehead atoms. The molecule has 4 nitrogen and oxygen atoms in total. The Kier molecular flexibility index (Phi) is 5.99. The zero-order valence-corrected chi connectivity index (χ0v) is 18.0. The van der Waals surface area contributed by atoms with Crippen molar-refractivity contribution in [1.29, 1.82) is 0 Å². The lowest BCUT2D eigenvalue weighted by Gasteiger charge is -2.20. The van der Waals surface area contributed by atoms with Crippen LogP contribution in [0.4, 0.5) is 4.39 Å². The first kappa shape index (κ1) is 21.2. The van der Waals surface area contributed by atoms with Crippen LogP contribution in [0.25, 0.3) is 17.0 Å². The smallest absolute Gasteiger partial charge is 0.127 e. The summed E-state index contributed by atoms with van der Waals surface area (Å²) in [5.74, 6) is 0.436. The fraction of sp³-hybridized carbons (Fsp3) is 0.111. The Bertz CT molecular complexity index is 1210. The third-order valence-corrected chi connectivity index (χ3v) is 5.30. The van der Waals surface area contributed by atoms with Crippen LogP contribution in [0.2, 0.25) is 0 Å². The first-order valence-electron chi connectivity index (χ1n) is 10.2. The van der Waals surface area contributed by atoms with Crippen molar-refractivity contribution in [2.24, 2.45) is 0 Å². The summed E-state index contributed by atoms with van der Waals surface area (Å²) in [4.78, 5) is 10.9. The number of halogens is 1. The number of aryl methyl sites for hydroxylation is 1. The topological polar surface area (TPSA) is 38.2 Å². The van der Waals surface area contributed by atoms with Gasteiger partial charge in [-0.05, 0) is 60.0 Å². The van der Waals surface area contributed by atoms with E-state index >= 15 is 0 Å². The van der Waals surface area contributed by atoms with E-state index in [-0.39, 0.29) is 0 Å². The van der Waals surface area contributed by atoms with E-state index in [1.54, 1.807) is 18.6 Å². The maximum atomic E-state index is 12.7. The summed E-state index contributed by atoms with van der Waals surface area (Å²) in [7, 11) is 0. The van der Waals surface area contributed by atoms with Crippen molar-refractivity contribution in [1.82, 2.24) is 14.9 Å². The van der Waals surface area contributed by atoms with E-state index in [0.717, 1.165) is 35.6 Å². The molecule has 0 amide bonds.